The molecule has 1 unspecified atom stereocenters. The van der Waals surface area contributed by atoms with Crippen LogP contribution in [0.2, 0.25) is 0 Å². The lowest BCUT2D eigenvalue weighted by Crippen LogP contribution is -2.02. The summed E-state index contributed by atoms with van der Waals surface area (Å²) in [6, 6.07) is 2.29. The molecular formula is C17H30S. The zero-order valence-corrected chi connectivity index (χ0v) is 13.1. The molecule has 1 heteroatoms. The lowest BCUT2D eigenvalue weighted by atomic mass is 9.90. The van der Waals surface area contributed by atoms with E-state index in [9.17, 15) is 0 Å². The Morgan fingerprint density at radius 1 is 0.944 bits per heavy atom. The minimum absolute atomic E-state index is 0.974. The predicted molar refractivity (Wildman–Crippen MR) is 84.4 cm³/mol. The van der Waals surface area contributed by atoms with E-state index in [0.29, 0.717) is 0 Å². The van der Waals surface area contributed by atoms with Crippen molar-refractivity contribution in [3.8, 4) is 0 Å². The number of hydrogen-bond acceptors (Lipinski definition) is 1. The van der Waals surface area contributed by atoms with E-state index in [1.807, 2.05) is 11.3 Å². The lowest BCUT2D eigenvalue weighted by Gasteiger charge is -2.16. The van der Waals surface area contributed by atoms with E-state index in [1.54, 1.807) is 5.56 Å². The largest absolute Gasteiger partial charge is 0.152 e. The molecule has 0 fully saturated rings. The van der Waals surface area contributed by atoms with Crippen molar-refractivity contribution >= 4 is 11.3 Å². The molecule has 0 N–H and O–H groups in total. The summed E-state index contributed by atoms with van der Waals surface area (Å²) in [5.74, 6) is 0.974. The van der Waals surface area contributed by atoms with E-state index in [4.69, 9.17) is 0 Å². The van der Waals surface area contributed by atoms with E-state index >= 15 is 0 Å². The van der Waals surface area contributed by atoms with Gasteiger partial charge in [-0.3, -0.25) is 0 Å². The van der Waals surface area contributed by atoms with Crippen molar-refractivity contribution in [3.63, 3.8) is 0 Å². The maximum Gasteiger partial charge on any atom is -0.00613 e. The van der Waals surface area contributed by atoms with Crippen LogP contribution in [0.5, 0.6) is 0 Å². The highest BCUT2D eigenvalue weighted by molar-refractivity contribution is 7.07. The molecule has 0 aliphatic heterocycles. The first kappa shape index (κ1) is 15.8. The average Bonchev–Trinajstić information content (AvgIpc) is 2.90. The summed E-state index contributed by atoms with van der Waals surface area (Å²) in [6.07, 6.45) is 14.1. The Balaban J connectivity index is 2.21. The van der Waals surface area contributed by atoms with Crippen LogP contribution in [-0.2, 0) is 6.42 Å². The smallest absolute Gasteiger partial charge is 0.00613 e. The summed E-state index contributed by atoms with van der Waals surface area (Å²) in [6.45, 7) is 4.61. The molecule has 1 aromatic heterocycles. The number of rotatable bonds is 11. The van der Waals surface area contributed by atoms with E-state index in [-0.39, 0.29) is 0 Å². The van der Waals surface area contributed by atoms with E-state index in [0.717, 1.165) is 5.92 Å². The topological polar surface area (TPSA) is 0 Å². The molecule has 0 aromatic carbocycles. The van der Waals surface area contributed by atoms with Crippen LogP contribution in [0.25, 0.3) is 0 Å². The van der Waals surface area contributed by atoms with Crippen molar-refractivity contribution in [3.05, 3.63) is 22.4 Å². The molecule has 1 heterocycles. The Morgan fingerprint density at radius 2 is 1.72 bits per heavy atom. The standard InChI is InChI=1S/C17H30S/c1-3-5-7-8-10-16(9-6-4-2)11-12-17-13-14-18-15-17/h13-16H,3-12H2,1-2H3. The molecule has 0 bridgehead atoms. The molecule has 0 spiro atoms. The Bertz CT molecular complexity index is 263. The normalized spacial score (nSPS) is 12.8. The number of hydrogen-bond donors (Lipinski definition) is 0. The van der Waals surface area contributed by atoms with Gasteiger partial charge in [-0.15, -0.1) is 0 Å². The maximum atomic E-state index is 2.31. The fourth-order valence-electron chi connectivity index (χ4n) is 2.59. The summed E-state index contributed by atoms with van der Waals surface area (Å²) >= 11 is 1.83. The van der Waals surface area contributed by atoms with Crippen molar-refractivity contribution < 1.29 is 0 Å². The Morgan fingerprint density at radius 3 is 2.39 bits per heavy atom. The first-order chi connectivity index (χ1) is 8.86. The second-order valence-corrected chi connectivity index (χ2v) is 6.31. The average molecular weight is 266 g/mol. The fourth-order valence-corrected chi connectivity index (χ4v) is 3.29. The van der Waals surface area contributed by atoms with Gasteiger partial charge in [0.2, 0.25) is 0 Å². The molecule has 0 radical (unpaired) electrons. The third kappa shape index (κ3) is 7.20. The highest BCUT2D eigenvalue weighted by atomic mass is 32.1. The number of aryl methyl sites for hydroxylation is 1. The zero-order valence-electron chi connectivity index (χ0n) is 12.3. The summed E-state index contributed by atoms with van der Waals surface area (Å²) in [7, 11) is 0. The molecule has 0 nitrogen and oxygen atoms in total. The van der Waals surface area contributed by atoms with Crippen molar-refractivity contribution in [2.24, 2.45) is 5.92 Å². The third-order valence-electron chi connectivity index (χ3n) is 3.85. The molecular weight excluding hydrogens is 236 g/mol. The van der Waals surface area contributed by atoms with Crippen LogP contribution < -0.4 is 0 Å². The van der Waals surface area contributed by atoms with Gasteiger partial charge in [0.05, 0.1) is 0 Å². The van der Waals surface area contributed by atoms with E-state index < -0.39 is 0 Å². The molecule has 0 saturated heterocycles. The van der Waals surface area contributed by atoms with Gasteiger partial charge in [0, 0.05) is 0 Å². The van der Waals surface area contributed by atoms with Crippen LogP contribution in [0.4, 0.5) is 0 Å². The van der Waals surface area contributed by atoms with Crippen molar-refractivity contribution in [2.75, 3.05) is 0 Å². The van der Waals surface area contributed by atoms with Gasteiger partial charge in [-0.25, -0.2) is 0 Å². The number of unbranched alkanes of at least 4 members (excludes halogenated alkanes) is 4. The molecule has 104 valence electrons. The summed E-state index contributed by atoms with van der Waals surface area (Å²) in [4.78, 5) is 0. The van der Waals surface area contributed by atoms with Gasteiger partial charge >= 0.3 is 0 Å². The molecule has 18 heavy (non-hydrogen) atoms. The fraction of sp³-hybridized carbons (Fsp3) is 0.765. The zero-order chi connectivity index (χ0) is 13.1. The second-order valence-electron chi connectivity index (χ2n) is 5.53. The molecule has 0 amide bonds. The summed E-state index contributed by atoms with van der Waals surface area (Å²) < 4.78 is 0. The molecule has 1 aromatic rings. The van der Waals surface area contributed by atoms with Crippen LogP contribution in [0.1, 0.15) is 77.2 Å². The predicted octanol–water partition coefficient (Wildman–Crippen LogP) is 6.46. The van der Waals surface area contributed by atoms with Gasteiger partial charge in [0.25, 0.3) is 0 Å². The quantitative estimate of drug-likeness (QED) is 0.403. The molecule has 0 aliphatic rings. The van der Waals surface area contributed by atoms with Crippen LogP contribution in [0.15, 0.2) is 16.8 Å². The highest BCUT2D eigenvalue weighted by Gasteiger charge is 2.08. The SMILES string of the molecule is CCCCCCC(CCCC)CCc1ccsc1. The first-order valence-corrected chi connectivity index (χ1v) is 8.82. The highest BCUT2D eigenvalue weighted by Crippen LogP contribution is 2.23. The Labute approximate surface area is 118 Å². The Hall–Kier alpha value is -0.300. The minimum Gasteiger partial charge on any atom is -0.152 e. The lowest BCUT2D eigenvalue weighted by molar-refractivity contribution is 0.388. The molecule has 0 aliphatic carbocycles. The monoisotopic (exact) mass is 266 g/mol. The van der Waals surface area contributed by atoms with Gasteiger partial charge in [0.15, 0.2) is 0 Å². The van der Waals surface area contributed by atoms with Crippen LogP contribution in [0, 0.1) is 5.92 Å². The second kappa shape index (κ2) is 10.6. The Kier molecular flexibility index (Phi) is 9.28. The van der Waals surface area contributed by atoms with Crippen LogP contribution >= 0.6 is 11.3 Å². The van der Waals surface area contributed by atoms with Crippen molar-refractivity contribution in [2.45, 2.75) is 78.1 Å². The van der Waals surface area contributed by atoms with Crippen molar-refractivity contribution in [1.29, 1.82) is 0 Å². The van der Waals surface area contributed by atoms with Gasteiger partial charge in [-0.05, 0) is 41.1 Å². The first-order valence-electron chi connectivity index (χ1n) is 7.87. The van der Waals surface area contributed by atoms with Gasteiger partial charge < -0.3 is 0 Å². The van der Waals surface area contributed by atoms with E-state index in [2.05, 4.69) is 30.7 Å². The minimum atomic E-state index is 0.974. The molecule has 0 saturated carbocycles. The third-order valence-corrected chi connectivity index (χ3v) is 4.59. The van der Waals surface area contributed by atoms with Gasteiger partial charge in [0.1, 0.15) is 0 Å². The van der Waals surface area contributed by atoms with Crippen LogP contribution in [-0.4, -0.2) is 0 Å². The summed E-state index contributed by atoms with van der Waals surface area (Å²) in [5, 5.41) is 4.52. The summed E-state index contributed by atoms with van der Waals surface area (Å²) in [5.41, 5.74) is 1.55. The molecule has 1 rings (SSSR count). The molecule has 1 atom stereocenters. The van der Waals surface area contributed by atoms with E-state index in [1.165, 1.54) is 64.2 Å². The number of thiophene rings is 1. The maximum absolute atomic E-state index is 2.31. The van der Waals surface area contributed by atoms with Gasteiger partial charge in [-0.1, -0.05) is 65.2 Å². The van der Waals surface area contributed by atoms with Gasteiger partial charge in [-0.2, -0.15) is 11.3 Å². The van der Waals surface area contributed by atoms with Crippen molar-refractivity contribution in [1.82, 2.24) is 0 Å². The van der Waals surface area contributed by atoms with Crippen LogP contribution in [0.3, 0.4) is 0 Å².